The van der Waals surface area contributed by atoms with E-state index in [4.69, 9.17) is 4.74 Å². The molecule has 0 aliphatic rings. The zero-order valence-corrected chi connectivity index (χ0v) is 23.5. The Morgan fingerprint density at radius 3 is 2.26 bits per heavy atom. The van der Waals surface area contributed by atoms with Crippen LogP contribution >= 0.6 is 0 Å². The molecule has 0 saturated heterocycles. The van der Waals surface area contributed by atoms with Crippen LogP contribution in [0.5, 0.6) is 0 Å². The number of aromatic amines is 1. The average molecular weight is 561 g/mol. The summed E-state index contributed by atoms with van der Waals surface area (Å²) in [6.45, 7) is 1.05. The normalized spacial score (nSPS) is 11.8. The number of Topliss-reactive ketones (excluding diaryl/α,β-unsaturated/α-hetero) is 1. The minimum absolute atomic E-state index is 0.0277. The smallest absolute Gasteiger partial charge is 0.251 e. The lowest BCUT2D eigenvalue weighted by Gasteiger charge is -2.19. The second-order valence-electron chi connectivity index (χ2n) is 10.2. The Morgan fingerprint density at radius 2 is 1.55 bits per heavy atom. The molecule has 0 aliphatic heterocycles. The molecule has 0 spiro atoms. The van der Waals surface area contributed by atoms with E-state index >= 15 is 0 Å². The van der Waals surface area contributed by atoms with E-state index in [2.05, 4.69) is 25.9 Å². The number of nitrogens with one attached hydrogen (secondary N) is 2. The van der Waals surface area contributed by atoms with E-state index in [1.165, 1.54) is 0 Å². The quantitative estimate of drug-likeness (QED) is 0.211. The molecule has 0 saturated carbocycles. The van der Waals surface area contributed by atoms with Crippen molar-refractivity contribution in [1.82, 2.24) is 30.8 Å². The largest absolute Gasteiger partial charge is 0.374 e. The topological polar surface area (TPSA) is 113 Å². The molecule has 1 aromatic heterocycles. The van der Waals surface area contributed by atoms with Gasteiger partial charge in [-0.15, -0.1) is 5.10 Å². The summed E-state index contributed by atoms with van der Waals surface area (Å²) in [5.41, 5.74) is 5.61. The van der Waals surface area contributed by atoms with Crippen LogP contribution in [0.4, 0.5) is 0 Å². The van der Waals surface area contributed by atoms with Gasteiger partial charge in [-0.05, 0) is 58.9 Å². The molecule has 1 amide bonds. The van der Waals surface area contributed by atoms with Crippen molar-refractivity contribution in [3.8, 4) is 22.5 Å². The zero-order chi connectivity index (χ0) is 29.3. The molecular formula is C33H32N6O3. The molecule has 5 rings (SSSR count). The number of tetrazole rings is 1. The SMILES string of the molecule is CN(C)Cc1cccc(C(=O)NC(COCc2ccccc2)C(=O)c2ccc(-c3ccccc3-c3nnn[nH]3)cc2)c1. The number of aromatic nitrogens is 4. The highest BCUT2D eigenvalue weighted by Crippen LogP contribution is 2.30. The van der Waals surface area contributed by atoms with Crippen molar-refractivity contribution in [2.75, 3.05) is 20.7 Å². The lowest BCUT2D eigenvalue weighted by molar-refractivity contribution is 0.0671. The van der Waals surface area contributed by atoms with Crippen LogP contribution < -0.4 is 5.32 Å². The molecule has 0 bridgehead atoms. The van der Waals surface area contributed by atoms with Crippen molar-refractivity contribution in [2.24, 2.45) is 0 Å². The number of hydrogen-bond acceptors (Lipinski definition) is 7. The first-order valence-corrected chi connectivity index (χ1v) is 13.6. The minimum Gasteiger partial charge on any atom is -0.374 e. The van der Waals surface area contributed by atoms with E-state index in [-0.39, 0.29) is 18.3 Å². The van der Waals surface area contributed by atoms with Gasteiger partial charge >= 0.3 is 0 Å². The van der Waals surface area contributed by atoms with Gasteiger partial charge in [0.2, 0.25) is 0 Å². The standard InChI is InChI=1S/C33H32N6O3/c1-39(2)20-24-11-8-12-27(19-24)33(41)34-30(22-42-21-23-9-4-3-5-10-23)31(40)26-17-15-25(16-18-26)28-13-6-7-14-29(28)32-35-37-38-36-32/h3-19,30H,20-22H2,1-2H3,(H,34,41)(H,35,36,37,38). The van der Waals surface area contributed by atoms with Crippen molar-refractivity contribution in [3.05, 3.63) is 125 Å². The van der Waals surface area contributed by atoms with Crippen LogP contribution in [0, 0.1) is 0 Å². The lowest BCUT2D eigenvalue weighted by atomic mass is 9.96. The summed E-state index contributed by atoms with van der Waals surface area (Å²) in [5, 5.41) is 17.1. The van der Waals surface area contributed by atoms with E-state index in [0.717, 1.165) is 27.8 Å². The average Bonchev–Trinajstić information content (AvgIpc) is 3.56. The van der Waals surface area contributed by atoms with Gasteiger partial charge in [0.15, 0.2) is 11.6 Å². The molecule has 2 N–H and O–H groups in total. The Morgan fingerprint density at radius 1 is 0.833 bits per heavy atom. The monoisotopic (exact) mass is 560 g/mol. The van der Waals surface area contributed by atoms with Gasteiger partial charge < -0.3 is 15.0 Å². The van der Waals surface area contributed by atoms with Crippen LogP contribution in [0.1, 0.15) is 31.8 Å². The molecule has 212 valence electrons. The van der Waals surface area contributed by atoms with Crippen molar-refractivity contribution < 1.29 is 14.3 Å². The van der Waals surface area contributed by atoms with E-state index < -0.39 is 6.04 Å². The predicted molar refractivity (Wildman–Crippen MR) is 161 cm³/mol. The number of ether oxygens (including phenoxy) is 1. The summed E-state index contributed by atoms with van der Waals surface area (Å²) in [6, 6.07) is 31.3. The summed E-state index contributed by atoms with van der Waals surface area (Å²) in [4.78, 5) is 29.1. The van der Waals surface area contributed by atoms with Crippen LogP contribution in [0.15, 0.2) is 103 Å². The number of rotatable bonds is 12. The van der Waals surface area contributed by atoms with Crippen LogP contribution in [-0.2, 0) is 17.9 Å². The first-order chi connectivity index (χ1) is 20.5. The Labute approximate surface area is 244 Å². The molecule has 1 unspecified atom stereocenters. The van der Waals surface area contributed by atoms with Crippen LogP contribution in [0.2, 0.25) is 0 Å². The summed E-state index contributed by atoms with van der Waals surface area (Å²) in [7, 11) is 3.95. The van der Waals surface area contributed by atoms with Gasteiger partial charge in [-0.2, -0.15) is 0 Å². The van der Waals surface area contributed by atoms with Gasteiger partial charge in [-0.25, -0.2) is 5.10 Å². The van der Waals surface area contributed by atoms with Crippen LogP contribution in [0.25, 0.3) is 22.5 Å². The number of benzene rings is 4. The van der Waals surface area contributed by atoms with Gasteiger partial charge in [-0.1, -0.05) is 91.0 Å². The van der Waals surface area contributed by atoms with E-state index in [9.17, 15) is 9.59 Å². The Balaban J connectivity index is 1.36. The number of carbonyl (C=O) groups is 2. The van der Waals surface area contributed by atoms with Crippen LogP contribution in [0.3, 0.4) is 0 Å². The highest BCUT2D eigenvalue weighted by Gasteiger charge is 2.24. The number of H-pyrrole nitrogens is 1. The maximum absolute atomic E-state index is 13.7. The van der Waals surface area contributed by atoms with Crippen molar-refractivity contribution in [2.45, 2.75) is 19.2 Å². The van der Waals surface area contributed by atoms with E-state index in [1.54, 1.807) is 18.2 Å². The Bertz CT molecular complexity index is 1620. The van der Waals surface area contributed by atoms with E-state index in [1.807, 2.05) is 104 Å². The summed E-state index contributed by atoms with van der Waals surface area (Å²) in [6.07, 6.45) is 0. The summed E-state index contributed by atoms with van der Waals surface area (Å²) in [5.74, 6) is -0.0117. The molecule has 0 radical (unpaired) electrons. The van der Waals surface area contributed by atoms with Crippen molar-refractivity contribution >= 4 is 11.7 Å². The van der Waals surface area contributed by atoms with Gasteiger partial charge in [-0.3, -0.25) is 9.59 Å². The fraction of sp³-hybridized carbons (Fsp3) is 0.182. The Kier molecular flexibility index (Phi) is 9.23. The molecular weight excluding hydrogens is 528 g/mol. The first-order valence-electron chi connectivity index (χ1n) is 13.6. The number of amides is 1. The highest BCUT2D eigenvalue weighted by molar-refractivity contribution is 6.04. The number of ketones is 1. The van der Waals surface area contributed by atoms with Gasteiger partial charge in [0, 0.05) is 23.2 Å². The van der Waals surface area contributed by atoms with Crippen LogP contribution in [-0.4, -0.2) is 64.0 Å². The second kappa shape index (κ2) is 13.6. The van der Waals surface area contributed by atoms with Gasteiger partial charge in [0.05, 0.1) is 13.2 Å². The fourth-order valence-corrected chi connectivity index (χ4v) is 4.70. The summed E-state index contributed by atoms with van der Waals surface area (Å²) >= 11 is 0. The van der Waals surface area contributed by atoms with Crippen molar-refractivity contribution in [1.29, 1.82) is 0 Å². The number of carbonyl (C=O) groups excluding carboxylic acids is 2. The van der Waals surface area contributed by atoms with E-state index in [0.29, 0.717) is 30.1 Å². The maximum atomic E-state index is 13.7. The molecule has 9 nitrogen and oxygen atoms in total. The summed E-state index contributed by atoms with van der Waals surface area (Å²) < 4.78 is 5.92. The molecule has 1 atom stereocenters. The second-order valence-corrected chi connectivity index (χ2v) is 10.2. The Hall–Kier alpha value is -4.99. The number of nitrogens with zero attached hydrogens (tertiary/aromatic N) is 4. The van der Waals surface area contributed by atoms with Gasteiger partial charge in [0.25, 0.3) is 5.91 Å². The predicted octanol–water partition coefficient (Wildman–Crippen LogP) is 4.79. The number of hydrogen-bond donors (Lipinski definition) is 2. The molecule has 0 fully saturated rings. The molecule has 5 aromatic rings. The molecule has 9 heteroatoms. The highest BCUT2D eigenvalue weighted by atomic mass is 16.5. The first kappa shape index (κ1) is 28.5. The third-order valence-electron chi connectivity index (χ3n) is 6.71. The fourth-order valence-electron chi connectivity index (χ4n) is 4.70. The molecule has 4 aromatic carbocycles. The lowest BCUT2D eigenvalue weighted by Crippen LogP contribution is -2.44. The molecule has 42 heavy (non-hydrogen) atoms. The van der Waals surface area contributed by atoms with Gasteiger partial charge in [0.1, 0.15) is 6.04 Å². The van der Waals surface area contributed by atoms with Crippen molar-refractivity contribution in [3.63, 3.8) is 0 Å². The molecule has 1 heterocycles. The molecule has 0 aliphatic carbocycles. The zero-order valence-electron chi connectivity index (χ0n) is 23.5. The third-order valence-corrected chi connectivity index (χ3v) is 6.71. The minimum atomic E-state index is -0.878. The third kappa shape index (κ3) is 7.20. The maximum Gasteiger partial charge on any atom is 0.251 e.